The van der Waals surface area contributed by atoms with Crippen LogP contribution in [0, 0.1) is 5.92 Å². The van der Waals surface area contributed by atoms with Crippen LogP contribution in [0.2, 0.25) is 0 Å². The number of H-pyrrole nitrogens is 1. The Kier molecular flexibility index (Phi) is 7.54. The number of oxazole rings is 1. The zero-order valence-corrected chi connectivity index (χ0v) is 19.0. The molecule has 0 saturated carbocycles. The van der Waals surface area contributed by atoms with Gasteiger partial charge in [-0.2, -0.15) is 0 Å². The van der Waals surface area contributed by atoms with Gasteiger partial charge in [0.15, 0.2) is 11.3 Å². The molecule has 0 aliphatic heterocycles. The highest BCUT2D eigenvalue weighted by Gasteiger charge is 2.24. The number of amides is 1. The van der Waals surface area contributed by atoms with E-state index in [1.807, 2.05) is 13.8 Å². The average molecular weight is 460 g/mol. The third-order valence-electron chi connectivity index (χ3n) is 5.20. The van der Waals surface area contributed by atoms with E-state index in [9.17, 15) is 19.2 Å². The molecule has 1 amide bonds. The molecule has 0 unspecified atom stereocenters. The number of hydrogen-bond acceptors (Lipinski definition) is 7. The van der Waals surface area contributed by atoms with Crippen LogP contribution in [0.4, 0.5) is 11.5 Å². The second-order valence-electron chi connectivity index (χ2n) is 8.13. The Bertz CT molecular complexity index is 1300. The predicted octanol–water partition coefficient (Wildman–Crippen LogP) is 1.14. The van der Waals surface area contributed by atoms with Gasteiger partial charge in [-0.25, -0.2) is 9.59 Å². The normalized spacial score (nSPS) is 11.4. The lowest BCUT2D eigenvalue weighted by molar-refractivity contribution is -0.118. The zero-order chi connectivity index (χ0) is 24.1. The first-order valence-corrected chi connectivity index (χ1v) is 10.7. The van der Waals surface area contributed by atoms with Crippen LogP contribution in [-0.2, 0) is 22.6 Å². The van der Waals surface area contributed by atoms with Crippen LogP contribution in [0.25, 0.3) is 11.1 Å². The van der Waals surface area contributed by atoms with Crippen LogP contribution in [0.3, 0.4) is 0 Å². The molecule has 0 aliphatic rings. The number of anilines is 2. The van der Waals surface area contributed by atoms with E-state index in [1.54, 1.807) is 24.3 Å². The van der Waals surface area contributed by atoms with Crippen molar-refractivity contribution < 1.29 is 13.9 Å². The average Bonchev–Trinajstić information content (AvgIpc) is 3.08. The number of hydrogen-bond donors (Lipinski definition) is 2. The molecule has 0 spiro atoms. The first-order chi connectivity index (χ1) is 15.7. The maximum absolute atomic E-state index is 13.1. The fourth-order valence-corrected chi connectivity index (χ4v) is 3.68. The summed E-state index contributed by atoms with van der Waals surface area (Å²) in [5.41, 5.74) is 5.86. The molecule has 0 bridgehead atoms. The molecule has 11 nitrogen and oxygen atoms in total. The molecule has 2 aromatic heterocycles. The largest absolute Gasteiger partial charge is 0.419 e. The van der Waals surface area contributed by atoms with Crippen molar-refractivity contribution in [3.63, 3.8) is 0 Å². The zero-order valence-electron chi connectivity index (χ0n) is 19.0. The van der Waals surface area contributed by atoms with Gasteiger partial charge in [-0.15, -0.1) is 0 Å². The molecule has 2 heterocycles. The summed E-state index contributed by atoms with van der Waals surface area (Å²) >= 11 is 0. The van der Waals surface area contributed by atoms with E-state index in [2.05, 4.69) is 4.98 Å². The Morgan fingerprint density at radius 3 is 2.64 bits per heavy atom. The maximum atomic E-state index is 13.1. The van der Waals surface area contributed by atoms with Crippen molar-refractivity contribution >= 4 is 28.5 Å². The number of aromatic nitrogens is 3. The van der Waals surface area contributed by atoms with Crippen molar-refractivity contribution in [2.45, 2.75) is 39.8 Å². The van der Waals surface area contributed by atoms with Crippen molar-refractivity contribution in [1.29, 1.82) is 0 Å². The number of aryl methyl sites for hydroxylation is 1. The standard InChI is InChI=1S/C22H29N5O6/c1-14(2)13-27-19(23)18(20(29)24-21(27)30)26(11-12-32-3)17(28)9-6-10-25-15-7-4-5-8-16(15)33-22(25)31/h4-5,7-8,14H,6,9-13,23H2,1-3H3,(H,24,29,30). The summed E-state index contributed by atoms with van der Waals surface area (Å²) in [6.45, 7) is 4.62. The number of nitrogen functional groups attached to an aromatic ring is 1. The number of methoxy groups -OCH3 is 1. The van der Waals surface area contributed by atoms with Gasteiger partial charge in [0, 0.05) is 33.2 Å². The summed E-state index contributed by atoms with van der Waals surface area (Å²) < 4.78 is 13.0. The number of aromatic amines is 1. The van der Waals surface area contributed by atoms with Gasteiger partial charge in [-0.3, -0.25) is 23.7 Å². The Morgan fingerprint density at radius 2 is 1.94 bits per heavy atom. The number of ether oxygens (including phenoxy) is 1. The summed E-state index contributed by atoms with van der Waals surface area (Å²) in [4.78, 5) is 53.6. The third kappa shape index (κ3) is 5.25. The minimum Gasteiger partial charge on any atom is -0.408 e. The van der Waals surface area contributed by atoms with Crippen molar-refractivity contribution in [2.75, 3.05) is 30.9 Å². The van der Waals surface area contributed by atoms with Crippen molar-refractivity contribution in [3.05, 3.63) is 55.7 Å². The van der Waals surface area contributed by atoms with E-state index < -0.39 is 17.0 Å². The molecule has 0 saturated heterocycles. The number of fused-ring (bicyclic) bond motifs is 1. The second-order valence-corrected chi connectivity index (χ2v) is 8.13. The van der Waals surface area contributed by atoms with Gasteiger partial charge < -0.3 is 19.8 Å². The van der Waals surface area contributed by atoms with Crippen molar-refractivity contribution in [3.8, 4) is 0 Å². The van der Waals surface area contributed by atoms with Gasteiger partial charge in [-0.05, 0) is 24.5 Å². The Labute approximate surface area is 189 Å². The predicted molar refractivity (Wildman–Crippen MR) is 125 cm³/mol. The van der Waals surface area contributed by atoms with Crippen molar-refractivity contribution in [1.82, 2.24) is 14.1 Å². The van der Waals surface area contributed by atoms with Gasteiger partial charge >= 0.3 is 11.4 Å². The number of para-hydroxylation sites is 2. The molecule has 1 aromatic carbocycles. The summed E-state index contributed by atoms with van der Waals surface area (Å²) in [7, 11) is 1.48. The fourth-order valence-electron chi connectivity index (χ4n) is 3.68. The number of rotatable bonds is 10. The Hall–Kier alpha value is -3.60. The SMILES string of the molecule is COCCN(C(=O)CCCn1c(=O)oc2ccccc21)c1c(N)n(CC(C)C)c(=O)[nH]c1=O. The number of carbonyl (C=O) groups is 1. The van der Waals surface area contributed by atoms with E-state index >= 15 is 0 Å². The highest BCUT2D eigenvalue weighted by molar-refractivity contribution is 5.95. The highest BCUT2D eigenvalue weighted by atomic mass is 16.5. The van der Waals surface area contributed by atoms with Gasteiger partial charge in [0.2, 0.25) is 5.91 Å². The Balaban J connectivity index is 1.85. The Morgan fingerprint density at radius 1 is 1.21 bits per heavy atom. The summed E-state index contributed by atoms with van der Waals surface area (Å²) in [5.74, 6) is -0.852. The molecule has 0 atom stereocenters. The molecule has 3 N–H and O–H groups in total. The molecule has 0 aliphatic carbocycles. The van der Waals surface area contributed by atoms with Gasteiger partial charge in [0.25, 0.3) is 5.56 Å². The second kappa shape index (κ2) is 10.3. The van der Waals surface area contributed by atoms with E-state index in [0.29, 0.717) is 17.5 Å². The van der Waals surface area contributed by atoms with E-state index in [4.69, 9.17) is 14.9 Å². The lowest BCUT2D eigenvalue weighted by Gasteiger charge is -2.24. The van der Waals surface area contributed by atoms with Crippen LogP contribution < -0.4 is 27.6 Å². The summed E-state index contributed by atoms with van der Waals surface area (Å²) in [6, 6.07) is 7.04. The minimum atomic E-state index is -0.737. The van der Waals surface area contributed by atoms with Gasteiger partial charge in [-0.1, -0.05) is 26.0 Å². The maximum Gasteiger partial charge on any atom is 0.419 e. The summed E-state index contributed by atoms with van der Waals surface area (Å²) in [5, 5.41) is 0. The molecule has 0 radical (unpaired) electrons. The third-order valence-corrected chi connectivity index (χ3v) is 5.20. The molecule has 33 heavy (non-hydrogen) atoms. The minimum absolute atomic E-state index is 0.0395. The summed E-state index contributed by atoms with van der Waals surface area (Å²) in [6.07, 6.45) is 0.368. The smallest absolute Gasteiger partial charge is 0.408 e. The van der Waals surface area contributed by atoms with Gasteiger partial charge in [0.05, 0.1) is 12.1 Å². The highest BCUT2D eigenvalue weighted by Crippen LogP contribution is 2.19. The molecule has 11 heteroatoms. The topological polar surface area (TPSA) is 146 Å². The molecule has 3 aromatic rings. The monoisotopic (exact) mass is 459 g/mol. The lowest BCUT2D eigenvalue weighted by Crippen LogP contribution is -2.42. The van der Waals surface area contributed by atoms with Crippen LogP contribution in [0.15, 0.2) is 43.1 Å². The van der Waals surface area contributed by atoms with Crippen LogP contribution in [-0.4, -0.2) is 40.3 Å². The molecular weight excluding hydrogens is 430 g/mol. The lowest BCUT2D eigenvalue weighted by atomic mass is 10.2. The van der Waals surface area contributed by atoms with E-state index in [0.717, 1.165) is 0 Å². The van der Waals surface area contributed by atoms with Crippen molar-refractivity contribution in [2.24, 2.45) is 5.92 Å². The van der Waals surface area contributed by atoms with E-state index in [1.165, 1.54) is 21.1 Å². The van der Waals surface area contributed by atoms with Gasteiger partial charge in [0.1, 0.15) is 5.82 Å². The van der Waals surface area contributed by atoms with Crippen LogP contribution in [0.5, 0.6) is 0 Å². The first kappa shape index (κ1) is 24.1. The molecule has 0 fully saturated rings. The quantitative estimate of drug-likeness (QED) is 0.462. The number of carbonyl (C=O) groups excluding carboxylic acids is 1. The van der Waals surface area contributed by atoms with Crippen LogP contribution >= 0.6 is 0 Å². The fraction of sp³-hybridized carbons (Fsp3) is 0.455. The molecule has 3 rings (SSSR count). The molecule has 178 valence electrons. The number of benzene rings is 1. The number of nitrogens with zero attached hydrogens (tertiary/aromatic N) is 3. The van der Waals surface area contributed by atoms with Crippen LogP contribution in [0.1, 0.15) is 26.7 Å². The van der Waals surface area contributed by atoms with E-state index in [-0.39, 0.29) is 56.0 Å². The molecular formula is C22H29N5O6. The number of nitrogens with two attached hydrogens (primary N) is 1. The number of nitrogens with one attached hydrogen (secondary N) is 1. The first-order valence-electron chi connectivity index (χ1n) is 10.7.